The van der Waals surface area contributed by atoms with E-state index in [9.17, 15) is 19.2 Å². The summed E-state index contributed by atoms with van der Waals surface area (Å²) in [6.07, 6.45) is -2.13. The van der Waals surface area contributed by atoms with E-state index in [1.165, 1.54) is 21.1 Å². The van der Waals surface area contributed by atoms with E-state index in [-0.39, 0.29) is 36.7 Å². The molecule has 0 aliphatic rings. The number of ether oxygens (including phenoxy) is 4. The van der Waals surface area contributed by atoms with Crippen molar-refractivity contribution < 1.29 is 38.1 Å². The Morgan fingerprint density at radius 3 is 2.25 bits per heavy atom. The van der Waals surface area contributed by atoms with Gasteiger partial charge in [-0.3, -0.25) is 9.59 Å². The lowest BCUT2D eigenvalue weighted by molar-refractivity contribution is -0.153. The van der Waals surface area contributed by atoms with E-state index in [0.29, 0.717) is 5.56 Å². The average molecular weight is 471 g/mol. The highest BCUT2D eigenvalue weighted by molar-refractivity contribution is 8.13. The van der Waals surface area contributed by atoms with Crippen LogP contribution in [0.25, 0.3) is 0 Å². The number of hydrogen-bond acceptors (Lipinski definition) is 11. The molecule has 0 aliphatic carbocycles. The maximum Gasteiger partial charge on any atom is 0.516 e. The quantitative estimate of drug-likeness (QED) is 0.245. The van der Waals surface area contributed by atoms with E-state index in [1.807, 2.05) is 0 Å². The number of methoxy groups -OCH3 is 2. The third-order valence-corrected chi connectivity index (χ3v) is 5.40. The molecule has 178 valence electrons. The third kappa shape index (κ3) is 9.05. The maximum atomic E-state index is 13.0. The molecule has 0 spiro atoms. The van der Waals surface area contributed by atoms with Gasteiger partial charge in [-0.25, -0.2) is 9.59 Å². The monoisotopic (exact) mass is 470 g/mol. The fourth-order valence-corrected chi connectivity index (χ4v) is 3.37. The predicted molar refractivity (Wildman–Crippen MR) is 117 cm³/mol. The fourth-order valence-electron chi connectivity index (χ4n) is 2.71. The van der Waals surface area contributed by atoms with Gasteiger partial charge in [0.15, 0.2) is 22.7 Å². The molecule has 1 aromatic carbocycles. The molecule has 0 amide bonds. The lowest BCUT2D eigenvalue weighted by Gasteiger charge is -2.29. The van der Waals surface area contributed by atoms with E-state index in [0.717, 1.165) is 11.8 Å². The van der Waals surface area contributed by atoms with E-state index >= 15 is 0 Å². The summed E-state index contributed by atoms with van der Waals surface area (Å²) in [5.41, 5.74) is 10.5. The Bertz CT molecular complexity index is 772. The fraction of sp³-hybridized carbons (Fsp3) is 0.524. The zero-order valence-corrected chi connectivity index (χ0v) is 19.2. The molecule has 0 radical (unpaired) electrons. The van der Waals surface area contributed by atoms with Crippen molar-refractivity contribution >= 4 is 34.8 Å². The Balaban J connectivity index is 2.86. The molecule has 0 fully saturated rings. The van der Waals surface area contributed by atoms with Crippen LogP contribution in [0, 0.1) is 0 Å². The number of benzene rings is 1. The van der Waals surface area contributed by atoms with E-state index < -0.39 is 35.8 Å². The molecule has 0 aliphatic heterocycles. The van der Waals surface area contributed by atoms with Gasteiger partial charge in [0.25, 0.3) is 0 Å². The van der Waals surface area contributed by atoms with E-state index in [4.69, 9.17) is 30.4 Å². The molecule has 0 aromatic heterocycles. The van der Waals surface area contributed by atoms with Gasteiger partial charge in [0.05, 0.1) is 6.04 Å². The first-order chi connectivity index (χ1) is 15.1. The van der Waals surface area contributed by atoms with Crippen LogP contribution in [0.3, 0.4) is 0 Å². The van der Waals surface area contributed by atoms with Gasteiger partial charge in [0.2, 0.25) is 0 Å². The lowest BCUT2D eigenvalue weighted by Crippen LogP contribution is -2.61. The molecule has 32 heavy (non-hydrogen) atoms. The van der Waals surface area contributed by atoms with Crippen LogP contribution in [-0.2, 0) is 39.9 Å². The summed E-state index contributed by atoms with van der Waals surface area (Å²) in [6, 6.07) is 7.60. The van der Waals surface area contributed by atoms with Crippen molar-refractivity contribution in [1.82, 2.24) is 0 Å². The highest BCUT2D eigenvalue weighted by Gasteiger charge is 2.47. The van der Waals surface area contributed by atoms with Gasteiger partial charge in [-0.1, -0.05) is 42.1 Å². The molecule has 1 rings (SSSR count). The Kier molecular flexibility index (Phi) is 12.1. The van der Waals surface area contributed by atoms with Crippen molar-refractivity contribution in [2.45, 2.75) is 50.7 Å². The van der Waals surface area contributed by atoms with Crippen LogP contribution in [0.1, 0.15) is 31.7 Å². The largest absolute Gasteiger partial charge is 0.516 e. The minimum absolute atomic E-state index is 0.0539. The number of carbonyl (C=O) groups is 4. The second-order valence-corrected chi connectivity index (χ2v) is 8.20. The Labute approximate surface area is 191 Å². The Hall–Kier alpha value is -2.31. The smallest absolute Gasteiger partial charge is 0.429 e. The zero-order valence-electron chi connectivity index (χ0n) is 18.4. The molecule has 0 saturated heterocycles. The van der Waals surface area contributed by atoms with Crippen molar-refractivity contribution in [3.05, 3.63) is 35.9 Å². The van der Waals surface area contributed by atoms with E-state index in [1.54, 1.807) is 30.3 Å². The van der Waals surface area contributed by atoms with Crippen LogP contribution in [0.2, 0.25) is 0 Å². The lowest BCUT2D eigenvalue weighted by atomic mass is 9.85. The topological polar surface area (TPSA) is 157 Å². The van der Waals surface area contributed by atoms with Crippen molar-refractivity contribution in [3.63, 3.8) is 0 Å². The van der Waals surface area contributed by atoms with Crippen molar-refractivity contribution in [3.8, 4) is 0 Å². The molecule has 1 aromatic rings. The number of esters is 1. The molecule has 4 N–H and O–H groups in total. The highest BCUT2D eigenvalue weighted by Crippen LogP contribution is 2.20. The molecule has 0 bridgehead atoms. The summed E-state index contributed by atoms with van der Waals surface area (Å²) in [7, 11) is 2.77. The number of thioether (sulfide) groups is 1. The molecular weight excluding hydrogens is 440 g/mol. The molecule has 11 heteroatoms. The number of ketones is 1. The number of nitrogens with two attached hydrogens (primary N) is 2. The van der Waals surface area contributed by atoms with Gasteiger partial charge in [-0.2, -0.15) is 0 Å². The van der Waals surface area contributed by atoms with Gasteiger partial charge in [0, 0.05) is 33.3 Å². The SMILES string of the molecule is COC(CCC(N)(C(=O)OC(=O)OCc1ccccc1)C(=O)C(N)CCSC(C)=O)OC. The van der Waals surface area contributed by atoms with Gasteiger partial charge >= 0.3 is 12.1 Å². The van der Waals surface area contributed by atoms with Crippen LogP contribution >= 0.6 is 11.8 Å². The standard InChI is InChI=1S/C21H30N2O8S/c1-14(24)32-12-10-16(22)18(25)21(23,11-9-17(28-2)29-3)19(26)31-20(27)30-13-15-7-5-4-6-8-15/h4-8,16-17H,9-13,22-23H2,1-3H3. The van der Waals surface area contributed by atoms with Crippen LogP contribution in [0.15, 0.2) is 30.3 Å². The second-order valence-electron chi connectivity index (χ2n) is 6.92. The maximum absolute atomic E-state index is 13.0. The highest BCUT2D eigenvalue weighted by atomic mass is 32.2. The summed E-state index contributed by atoms with van der Waals surface area (Å²) < 4.78 is 19.8. The van der Waals surface area contributed by atoms with E-state index in [2.05, 4.69) is 0 Å². The summed E-state index contributed by atoms with van der Waals surface area (Å²) in [5, 5.41) is -0.132. The van der Waals surface area contributed by atoms with Crippen LogP contribution in [0.4, 0.5) is 4.79 Å². The van der Waals surface area contributed by atoms with Crippen molar-refractivity contribution in [2.75, 3.05) is 20.0 Å². The molecular formula is C21H30N2O8S. The first-order valence-corrected chi connectivity index (χ1v) is 10.8. The number of rotatable bonds is 13. The van der Waals surface area contributed by atoms with Crippen LogP contribution in [-0.4, -0.2) is 60.9 Å². The number of carbonyl (C=O) groups excluding carboxylic acids is 4. The predicted octanol–water partition coefficient (Wildman–Crippen LogP) is 1.53. The minimum atomic E-state index is -2.23. The first kappa shape index (κ1) is 27.7. The average Bonchev–Trinajstić information content (AvgIpc) is 2.77. The van der Waals surface area contributed by atoms with Crippen LogP contribution < -0.4 is 11.5 Å². The van der Waals surface area contributed by atoms with Crippen molar-refractivity contribution in [2.24, 2.45) is 11.5 Å². The molecule has 0 saturated carbocycles. The van der Waals surface area contributed by atoms with Gasteiger partial charge in [-0.05, 0) is 18.4 Å². The minimum Gasteiger partial charge on any atom is -0.429 e. The third-order valence-electron chi connectivity index (χ3n) is 4.55. The normalized spacial score (nSPS) is 13.8. The second kappa shape index (κ2) is 14.0. The van der Waals surface area contributed by atoms with Crippen LogP contribution in [0.5, 0.6) is 0 Å². The number of hydrogen-bond donors (Lipinski definition) is 2. The first-order valence-electron chi connectivity index (χ1n) is 9.84. The summed E-state index contributed by atoms with van der Waals surface area (Å²) in [4.78, 5) is 48.8. The van der Waals surface area contributed by atoms with Gasteiger partial charge in [-0.15, -0.1) is 0 Å². The molecule has 10 nitrogen and oxygen atoms in total. The van der Waals surface area contributed by atoms with Gasteiger partial charge < -0.3 is 30.4 Å². The molecule has 2 unspecified atom stereocenters. The summed E-state index contributed by atoms with van der Waals surface area (Å²) in [5.74, 6) is -1.85. The summed E-state index contributed by atoms with van der Waals surface area (Å²) >= 11 is 0.994. The Morgan fingerprint density at radius 1 is 1.06 bits per heavy atom. The number of Topliss-reactive ketones (excluding diaryl/α,β-unsaturated/α-hetero) is 1. The zero-order chi connectivity index (χ0) is 24.1. The molecule has 0 heterocycles. The Morgan fingerprint density at radius 2 is 1.69 bits per heavy atom. The molecule has 2 atom stereocenters. The van der Waals surface area contributed by atoms with Crippen molar-refractivity contribution in [1.29, 1.82) is 0 Å². The van der Waals surface area contributed by atoms with Gasteiger partial charge in [0.1, 0.15) is 6.61 Å². The summed E-state index contributed by atoms with van der Waals surface area (Å²) in [6.45, 7) is 1.26.